The molecule has 0 heterocycles. The molecule has 0 aliphatic rings. The first-order chi connectivity index (χ1) is 10.5. The number of hydrogen-bond acceptors (Lipinski definition) is 2. The van der Waals surface area contributed by atoms with Gasteiger partial charge in [-0.05, 0) is 46.9 Å². The van der Waals surface area contributed by atoms with Gasteiger partial charge in [-0.2, -0.15) is 0 Å². The number of hydrogen-bond donors (Lipinski definition) is 2. The molecule has 1 aromatic rings. The summed E-state index contributed by atoms with van der Waals surface area (Å²) >= 11 is 0. The molecular formula is C20H33NO2. The summed E-state index contributed by atoms with van der Waals surface area (Å²) in [6.45, 7) is 15.2. The molecule has 1 aromatic carbocycles. The van der Waals surface area contributed by atoms with Crippen molar-refractivity contribution in [2.75, 3.05) is 6.54 Å². The van der Waals surface area contributed by atoms with Crippen LogP contribution in [0, 0.1) is 0 Å². The minimum absolute atomic E-state index is 0.136. The predicted molar refractivity (Wildman–Crippen MR) is 97.0 cm³/mol. The molecule has 3 heteroatoms. The van der Waals surface area contributed by atoms with Crippen LogP contribution in [0.1, 0.15) is 77.5 Å². The first-order valence-corrected chi connectivity index (χ1v) is 8.57. The second-order valence-corrected chi connectivity index (χ2v) is 8.45. The Balaban J connectivity index is 2.72. The summed E-state index contributed by atoms with van der Waals surface area (Å²) < 4.78 is 0. The maximum Gasteiger partial charge on any atom is 0.303 e. The number of benzene rings is 1. The third-order valence-corrected chi connectivity index (χ3v) is 4.05. The Labute approximate surface area is 141 Å². The quantitative estimate of drug-likeness (QED) is 0.721. The molecule has 0 bridgehead atoms. The van der Waals surface area contributed by atoms with E-state index in [1.54, 1.807) is 0 Å². The lowest BCUT2D eigenvalue weighted by molar-refractivity contribution is -0.137. The first kappa shape index (κ1) is 19.7. The Morgan fingerprint density at radius 2 is 1.48 bits per heavy atom. The number of carboxylic acid groups (broad SMARTS) is 1. The Morgan fingerprint density at radius 3 is 1.91 bits per heavy atom. The first-order valence-electron chi connectivity index (χ1n) is 8.57. The van der Waals surface area contributed by atoms with E-state index in [1.807, 2.05) is 0 Å². The summed E-state index contributed by atoms with van der Waals surface area (Å²) in [5.41, 5.74) is 4.32. The molecule has 0 saturated carbocycles. The van der Waals surface area contributed by atoms with E-state index in [0.717, 1.165) is 25.9 Å². The second-order valence-electron chi connectivity index (χ2n) is 8.45. The molecule has 1 rings (SSSR count). The lowest BCUT2D eigenvalue weighted by Gasteiger charge is -2.26. The van der Waals surface area contributed by atoms with Crippen molar-refractivity contribution in [3.05, 3.63) is 34.9 Å². The molecule has 0 aliphatic carbocycles. The van der Waals surface area contributed by atoms with Gasteiger partial charge < -0.3 is 10.4 Å². The molecule has 0 fully saturated rings. The fraction of sp³-hybridized carbons (Fsp3) is 0.650. The van der Waals surface area contributed by atoms with Crippen LogP contribution in [-0.4, -0.2) is 17.6 Å². The molecule has 23 heavy (non-hydrogen) atoms. The summed E-state index contributed by atoms with van der Waals surface area (Å²) in [7, 11) is 0. The average molecular weight is 319 g/mol. The Hall–Kier alpha value is -1.35. The Bertz CT molecular complexity index is 489. The molecule has 2 N–H and O–H groups in total. The fourth-order valence-electron chi connectivity index (χ4n) is 2.42. The average Bonchev–Trinajstić information content (AvgIpc) is 2.40. The molecule has 0 spiro atoms. The summed E-state index contributed by atoms with van der Waals surface area (Å²) in [4.78, 5) is 10.5. The monoisotopic (exact) mass is 319 g/mol. The van der Waals surface area contributed by atoms with Crippen LogP contribution >= 0.6 is 0 Å². The highest BCUT2D eigenvalue weighted by Gasteiger charge is 2.20. The number of aliphatic carboxylic acids is 1. The van der Waals surface area contributed by atoms with Gasteiger partial charge in [-0.15, -0.1) is 0 Å². The number of carbonyl (C=O) groups is 1. The highest BCUT2D eigenvalue weighted by atomic mass is 16.4. The van der Waals surface area contributed by atoms with Crippen molar-refractivity contribution in [1.29, 1.82) is 0 Å². The zero-order chi connectivity index (χ0) is 17.7. The lowest BCUT2D eigenvalue weighted by Crippen LogP contribution is -2.20. The van der Waals surface area contributed by atoms with Crippen molar-refractivity contribution in [3.8, 4) is 0 Å². The van der Waals surface area contributed by atoms with Crippen molar-refractivity contribution >= 4 is 5.97 Å². The molecule has 3 nitrogen and oxygen atoms in total. The van der Waals surface area contributed by atoms with Crippen molar-refractivity contribution < 1.29 is 9.90 Å². The van der Waals surface area contributed by atoms with Crippen molar-refractivity contribution in [2.45, 2.75) is 78.2 Å². The van der Waals surface area contributed by atoms with Crippen LogP contribution in [0.25, 0.3) is 0 Å². The summed E-state index contributed by atoms with van der Waals surface area (Å²) in [6, 6.07) is 6.91. The fourth-order valence-corrected chi connectivity index (χ4v) is 2.42. The van der Waals surface area contributed by atoms with E-state index in [1.165, 1.54) is 16.7 Å². The molecule has 0 atom stereocenters. The zero-order valence-corrected chi connectivity index (χ0v) is 15.6. The number of rotatable bonds is 7. The predicted octanol–water partition coefficient (Wildman–Crippen LogP) is 4.63. The highest BCUT2D eigenvalue weighted by molar-refractivity contribution is 5.66. The van der Waals surface area contributed by atoms with Crippen molar-refractivity contribution in [1.82, 2.24) is 5.32 Å². The van der Waals surface area contributed by atoms with Gasteiger partial charge >= 0.3 is 5.97 Å². The second kappa shape index (κ2) is 7.96. The van der Waals surface area contributed by atoms with E-state index in [2.05, 4.69) is 65.1 Å². The van der Waals surface area contributed by atoms with Crippen LogP contribution in [0.5, 0.6) is 0 Å². The summed E-state index contributed by atoms with van der Waals surface area (Å²) in [5, 5.41) is 12.1. The third-order valence-electron chi connectivity index (χ3n) is 4.05. The lowest BCUT2D eigenvalue weighted by atomic mass is 9.79. The van der Waals surface area contributed by atoms with Crippen LogP contribution < -0.4 is 5.32 Å². The minimum Gasteiger partial charge on any atom is -0.481 e. The molecule has 0 saturated heterocycles. The molecule has 0 amide bonds. The number of carboxylic acids is 1. The Kier molecular flexibility index (Phi) is 6.82. The van der Waals surface area contributed by atoms with Gasteiger partial charge in [-0.3, -0.25) is 4.79 Å². The van der Waals surface area contributed by atoms with Gasteiger partial charge in [0.05, 0.1) is 0 Å². The Morgan fingerprint density at radius 1 is 0.957 bits per heavy atom. The van der Waals surface area contributed by atoms with E-state index < -0.39 is 5.97 Å². The molecular weight excluding hydrogens is 286 g/mol. The normalized spacial score (nSPS) is 12.4. The van der Waals surface area contributed by atoms with E-state index in [0.29, 0.717) is 0 Å². The topological polar surface area (TPSA) is 49.3 Å². The molecule has 0 radical (unpaired) electrons. The van der Waals surface area contributed by atoms with Gasteiger partial charge in [-0.1, -0.05) is 59.7 Å². The van der Waals surface area contributed by atoms with E-state index >= 15 is 0 Å². The molecule has 0 aromatic heterocycles. The molecule has 0 aliphatic heterocycles. The summed E-state index contributed by atoms with van der Waals surface area (Å²) in [5.74, 6) is -0.710. The van der Waals surface area contributed by atoms with E-state index in [9.17, 15) is 4.79 Å². The maximum absolute atomic E-state index is 10.5. The summed E-state index contributed by atoms with van der Waals surface area (Å²) in [6.07, 6.45) is 1.89. The van der Waals surface area contributed by atoms with Crippen LogP contribution in [0.15, 0.2) is 18.2 Å². The maximum atomic E-state index is 10.5. The van der Waals surface area contributed by atoms with Crippen LogP contribution in [0.2, 0.25) is 0 Å². The smallest absolute Gasteiger partial charge is 0.303 e. The zero-order valence-electron chi connectivity index (χ0n) is 15.6. The van der Waals surface area contributed by atoms with E-state index in [-0.39, 0.29) is 17.3 Å². The number of nitrogens with one attached hydrogen (secondary N) is 1. The third kappa shape index (κ3) is 7.17. The molecule has 0 unspecified atom stereocenters. The highest BCUT2D eigenvalue weighted by Crippen LogP contribution is 2.30. The van der Waals surface area contributed by atoms with Crippen molar-refractivity contribution in [3.63, 3.8) is 0 Å². The van der Waals surface area contributed by atoms with Gasteiger partial charge in [0.2, 0.25) is 0 Å². The van der Waals surface area contributed by atoms with Gasteiger partial charge in [-0.25, -0.2) is 0 Å². The van der Waals surface area contributed by atoms with Gasteiger partial charge in [0.15, 0.2) is 0 Å². The minimum atomic E-state index is -0.710. The van der Waals surface area contributed by atoms with Gasteiger partial charge in [0.1, 0.15) is 0 Å². The van der Waals surface area contributed by atoms with Crippen LogP contribution in [0.3, 0.4) is 0 Å². The van der Waals surface area contributed by atoms with Crippen LogP contribution in [-0.2, 0) is 22.2 Å². The van der Waals surface area contributed by atoms with Crippen LogP contribution in [0.4, 0.5) is 0 Å². The van der Waals surface area contributed by atoms with Crippen molar-refractivity contribution in [2.24, 2.45) is 0 Å². The molecule has 130 valence electrons. The number of unbranched alkanes of at least 4 members (excludes halogenated alkanes) is 1. The standard InChI is InChI=1S/C20H33NO2/c1-19(2,3)16-11-15(12-17(13-16)20(4,5)6)14-21-10-8-7-9-18(22)23/h11-13,21H,7-10,14H2,1-6H3,(H,22,23). The van der Waals surface area contributed by atoms with Gasteiger partial charge in [0.25, 0.3) is 0 Å². The van der Waals surface area contributed by atoms with E-state index in [4.69, 9.17) is 5.11 Å². The largest absolute Gasteiger partial charge is 0.481 e. The van der Waals surface area contributed by atoms with Gasteiger partial charge in [0, 0.05) is 13.0 Å². The SMILES string of the molecule is CC(C)(C)c1cc(CNCCCCC(=O)O)cc(C(C)(C)C)c1.